The number of hydrogen-bond acceptors (Lipinski definition) is 5. The van der Waals surface area contributed by atoms with Gasteiger partial charge in [-0.15, -0.1) is 0 Å². The highest BCUT2D eigenvalue weighted by molar-refractivity contribution is 7.92. The molecule has 0 aliphatic rings. The summed E-state index contributed by atoms with van der Waals surface area (Å²) >= 11 is 12.7. The van der Waals surface area contributed by atoms with E-state index in [4.69, 9.17) is 27.9 Å². The number of carbonyl (C=O) groups excluding carboxylic acids is 2. The molecule has 0 spiro atoms. The summed E-state index contributed by atoms with van der Waals surface area (Å²) in [7, 11) is -4.23. The summed E-state index contributed by atoms with van der Waals surface area (Å²) < 4.78 is 34.8. The first-order valence-electron chi connectivity index (χ1n) is 15.0. The molecule has 0 heterocycles. The summed E-state index contributed by atoms with van der Waals surface area (Å²) in [5.41, 5.74) is 1.69. The molecular formula is C35H37Cl2N3O5S. The van der Waals surface area contributed by atoms with Crippen LogP contribution in [0.2, 0.25) is 10.0 Å². The zero-order chi connectivity index (χ0) is 33.1. The summed E-state index contributed by atoms with van der Waals surface area (Å²) in [4.78, 5) is 29.6. The van der Waals surface area contributed by atoms with Gasteiger partial charge in [0.15, 0.2) is 0 Å². The van der Waals surface area contributed by atoms with Gasteiger partial charge < -0.3 is 15.0 Å². The number of carbonyl (C=O) groups is 2. The van der Waals surface area contributed by atoms with Gasteiger partial charge in [0.2, 0.25) is 11.8 Å². The van der Waals surface area contributed by atoms with Crippen molar-refractivity contribution < 1.29 is 22.7 Å². The fraction of sp³-hybridized carbons (Fsp3) is 0.257. The van der Waals surface area contributed by atoms with Crippen LogP contribution in [0, 0.1) is 0 Å². The first-order chi connectivity index (χ1) is 22.1. The lowest BCUT2D eigenvalue weighted by atomic mass is 10.0. The van der Waals surface area contributed by atoms with Crippen molar-refractivity contribution in [3.05, 3.63) is 124 Å². The second kappa shape index (κ2) is 16.5. The highest BCUT2D eigenvalue weighted by Crippen LogP contribution is 2.28. The van der Waals surface area contributed by atoms with Crippen LogP contribution in [0.4, 0.5) is 5.69 Å². The molecule has 4 aromatic rings. The van der Waals surface area contributed by atoms with Gasteiger partial charge in [0.05, 0.1) is 17.2 Å². The van der Waals surface area contributed by atoms with E-state index in [0.29, 0.717) is 46.6 Å². The number of hydrogen-bond donors (Lipinski definition) is 1. The van der Waals surface area contributed by atoms with Crippen LogP contribution in [-0.4, -0.2) is 50.9 Å². The minimum absolute atomic E-state index is 0.0126. The number of halogens is 2. The highest BCUT2D eigenvalue weighted by Gasteiger charge is 2.34. The molecule has 1 unspecified atom stereocenters. The standard InChI is InChI=1S/C35H37Cl2N3O5S/c1-3-21-38-35(42)33(22-26-11-7-5-8-12-26)39(24-27-15-16-28(36)23-32(27)37)34(41)25-40(29-13-9-6-10-14-29)46(43,44)31-19-17-30(18-20-31)45-4-2/h5-20,23,33H,3-4,21-22,24-25H2,1-2H3,(H,38,42). The maximum absolute atomic E-state index is 14.5. The smallest absolute Gasteiger partial charge is 0.264 e. The Kier molecular flexibility index (Phi) is 12.5. The molecule has 4 aromatic carbocycles. The number of sulfonamides is 1. The van der Waals surface area contributed by atoms with Crippen LogP contribution in [0.1, 0.15) is 31.4 Å². The third kappa shape index (κ3) is 9.02. The molecule has 0 bridgehead atoms. The molecule has 0 aliphatic carbocycles. The van der Waals surface area contributed by atoms with Crippen molar-refractivity contribution in [2.24, 2.45) is 0 Å². The van der Waals surface area contributed by atoms with E-state index in [1.165, 1.54) is 17.0 Å². The lowest BCUT2D eigenvalue weighted by Crippen LogP contribution is -2.53. The van der Waals surface area contributed by atoms with Crippen molar-refractivity contribution in [2.75, 3.05) is 24.0 Å². The van der Waals surface area contributed by atoms with Gasteiger partial charge >= 0.3 is 0 Å². The van der Waals surface area contributed by atoms with Crippen LogP contribution < -0.4 is 14.4 Å². The molecular weight excluding hydrogens is 645 g/mol. The number of nitrogens with one attached hydrogen (secondary N) is 1. The van der Waals surface area contributed by atoms with Gasteiger partial charge in [-0.25, -0.2) is 8.42 Å². The average molecular weight is 683 g/mol. The maximum Gasteiger partial charge on any atom is 0.264 e. The minimum Gasteiger partial charge on any atom is -0.494 e. The lowest BCUT2D eigenvalue weighted by molar-refractivity contribution is -0.140. The monoisotopic (exact) mass is 681 g/mol. The number of para-hydroxylation sites is 1. The van der Waals surface area contributed by atoms with E-state index in [0.717, 1.165) is 9.87 Å². The molecule has 1 N–H and O–H groups in total. The second-order valence-electron chi connectivity index (χ2n) is 10.5. The largest absolute Gasteiger partial charge is 0.494 e. The van der Waals surface area contributed by atoms with Crippen LogP contribution >= 0.6 is 23.2 Å². The first kappa shape index (κ1) is 34.8. The normalized spacial score (nSPS) is 11.8. The summed E-state index contributed by atoms with van der Waals surface area (Å²) in [6.07, 6.45) is 0.896. The third-order valence-corrected chi connectivity index (χ3v) is 9.60. The number of amides is 2. The van der Waals surface area contributed by atoms with Gasteiger partial charge in [-0.2, -0.15) is 0 Å². The summed E-state index contributed by atoms with van der Waals surface area (Å²) in [6, 6.07) is 27.7. The third-order valence-electron chi connectivity index (χ3n) is 7.22. The highest BCUT2D eigenvalue weighted by atomic mass is 35.5. The van der Waals surface area contributed by atoms with E-state index in [1.807, 2.05) is 44.2 Å². The molecule has 46 heavy (non-hydrogen) atoms. The van der Waals surface area contributed by atoms with Crippen LogP contribution in [0.15, 0.2) is 108 Å². The van der Waals surface area contributed by atoms with E-state index in [9.17, 15) is 18.0 Å². The Morgan fingerprint density at radius 1 is 0.870 bits per heavy atom. The summed E-state index contributed by atoms with van der Waals surface area (Å²) in [6.45, 7) is 3.99. The predicted octanol–water partition coefficient (Wildman–Crippen LogP) is 6.75. The number of rotatable bonds is 15. The number of anilines is 1. The molecule has 0 fully saturated rings. The molecule has 0 radical (unpaired) electrons. The first-order valence-corrected chi connectivity index (χ1v) is 17.2. The maximum atomic E-state index is 14.5. The van der Waals surface area contributed by atoms with Gasteiger partial charge in [-0.05, 0) is 73.0 Å². The zero-order valence-electron chi connectivity index (χ0n) is 25.7. The zero-order valence-corrected chi connectivity index (χ0v) is 28.1. The van der Waals surface area contributed by atoms with E-state index >= 15 is 0 Å². The van der Waals surface area contributed by atoms with Crippen LogP contribution in [0.25, 0.3) is 0 Å². The topological polar surface area (TPSA) is 96.0 Å². The fourth-order valence-electron chi connectivity index (χ4n) is 4.88. The molecule has 11 heteroatoms. The second-order valence-corrected chi connectivity index (χ2v) is 13.2. The molecule has 0 saturated carbocycles. The van der Waals surface area contributed by atoms with Crippen molar-refractivity contribution in [1.29, 1.82) is 0 Å². The minimum atomic E-state index is -4.23. The Balaban J connectivity index is 1.78. The number of benzene rings is 4. The number of ether oxygens (including phenoxy) is 1. The Labute approximate surface area is 280 Å². The Hall–Kier alpha value is -4.05. The molecule has 0 aliphatic heterocycles. The fourth-order valence-corrected chi connectivity index (χ4v) is 6.76. The van der Waals surface area contributed by atoms with Crippen molar-refractivity contribution in [2.45, 2.75) is 44.2 Å². The molecule has 2 amide bonds. The van der Waals surface area contributed by atoms with Crippen molar-refractivity contribution in [1.82, 2.24) is 10.2 Å². The predicted molar refractivity (Wildman–Crippen MR) is 183 cm³/mol. The molecule has 242 valence electrons. The Morgan fingerprint density at radius 2 is 1.52 bits per heavy atom. The molecule has 1 atom stereocenters. The van der Waals surface area contributed by atoms with Crippen LogP contribution in [0.3, 0.4) is 0 Å². The quantitative estimate of drug-likeness (QED) is 0.150. The van der Waals surface area contributed by atoms with Crippen LogP contribution in [0.5, 0.6) is 5.75 Å². The molecule has 0 saturated heterocycles. The summed E-state index contributed by atoms with van der Waals surface area (Å²) in [5.74, 6) is -0.418. The lowest BCUT2D eigenvalue weighted by Gasteiger charge is -2.34. The van der Waals surface area contributed by atoms with Crippen LogP contribution in [-0.2, 0) is 32.6 Å². The SMILES string of the molecule is CCCNC(=O)C(Cc1ccccc1)N(Cc1ccc(Cl)cc1Cl)C(=O)CN(c1ccccc1)S(=O)(=O)c1ccc(OCC)cc1. The van der Waals surface area contributed by atoms with Gasteiger partial charge in [0, 0.05) is 29.6 Å². The average Bonchev–Trinajstić information content (AvgIpc) is 3.06. The van der Waals surface area contributed by atoms with E-state index in [-0.39, 0.29) is 23.8 Å². The van der Waals surface area contributed by atoms with Crippen molar-refractivity contribution in [3.8, 4) is 5.75 Å². The number of nitrogens with zero attached hydrogens (tertiary/aromatic N) is 2. The van der Waals surface area contributed by atoms with Gasteiger partial charge in [-0.3, -0.25) is 13.9 Å². The van der Waals surface area contributed by atoms with Crippen molar-refractivity contribution in [3.63, 3.8) is 0 Å². The molecule has 8 nitrogen and oxygen atoms in total. The van der Waals surface area contributed by atoms with E-state index in [2.05, 4.69) is 5.32 Å². The van der Waals surface area contributed by atoms with E-state index in [1.54, 1.807) is 60.7 Å². The molecule has 4 rings (SSSR count). The Morgan fingerprint density at radius 3 is 2.13 bits per heavy atom. The Bertz CT molecular complexity index is 1710. The van der Waals surface area contributed by atoms with Gasteiger partial charge in [-0.1, -0.05) is 84.7 Å². The van der Waals surface area contributed by atoms with E-state index < -0.39 is 28.5 Å². The molecule has 0 aromatic heterocycles. The summed E-state index contributed by atoms with van der Waals surface area (Å²) in [5, 5.41) is 3.66. The van der Waals surface area contributed by atoms with Gasteiger partial charge in [0.25, 0.3) is 10.0 Å². The van der Waals surface area contributed by atoms with Gasteiger partial charge in [0.1, 0.15) is 18.3 Å². The van der Waals surface area contributed by atoms with Crippen molar-refractivity contribution >= 4 is 50.7 Å².